The Bertz CT molecular complexity index is 40.7. The molecule has 0 aliphatic carbocycles. The molecule has 0 amide bonds. The molecule has 0 aliphatic rings. The third-order valence-electron chi connectivity index (χ3n) is 0.772. The highest BCUT2D eigenvalue weighted by molar-refractivity contribution is 4.53. The maximum atomic E-state index is 8.65. The van der Waals surface area contributed by atoms with E-state index >= 15 is 0 Å². The lowest BCUT2D eigenvalue weighted by molar-refractivity contribution is 0.175. The topological polar surface area (TPSA) is 72.3 Å². The van der Waals surface area contributed by atoms with E-state index in [0.29, 0.717) is 19.5 Å². The lowest BCUT2D eigenvalue weighted by Gasteiger charge is -2.01. The zero-order chi connectivity index (χ0) is 5.70. The van der Waals surface area contributed by atoms with Crippen LogP contribution in [0.2, 0.25) is 0 Å². The summed E-state index contributed by atoms with van der Waals surface area (Å²) in [6, 6.07) is 0. The Kier molecular flexibility index (Phi) is 3.98. The van der Waals surface area contributed by atoms with Crippen LogP contribution in [0.4, 0.5) is 0 Å². The van der Waals surface area contributed by atoms with E-state index in [0.717, 1.165) is 0 Å². The van der Waals surface area contributed by atoms with Gasteiger partial charge in [0.25, 0.3) is 0 Å². The van der Waals surface area contributed by atoms with Gasteiger partial charge in [0, 0.05) is 6.54 Å². The first-order valence-corrected chi connectivity index (χ1v) is 2.39. The normalized spacial score (nSPS) is 14.1. The Morgan fingerprint density at radius 2 is 2.00 bits per heavy atom. The average Bonchev–Trinajstić information content (AvgIpc) is 1.68. The summed E-state index contributed by atoms with van der Waals surface area (Å²) in [6.07, 6.45) is 0.209. The molecule has 7 heavy (non-hydrogen) atoms. The van der Waals surface area contributed by atoms with Crippen molar-refractivity contribution in [2.45, 2.75) is 12.5 Å². The Balaban J connectivity index is 2.83. The predicted molar refractivity (Wildman–Crippen MR) is 28.7 cm³/mol. The summed E-state index contributed by atoms with van der Waals surface area (Å²) in [5.41, 5.74) is 10.1. The molecule has 0 bridgehead atoms. The van der Waals surface area contributed by atoms with Crippen LogP contribution >= 0.6 is 0 Å². The molecule has 0 radical (unpaired) electrons. The Labute approximate surface area is 43.3 Å². The minimum absolute atomic E-state index is 0.317. The summed E-state index contributed by atoms with van der Waals surface area (Å²) < 4.78 is 0. The van der Waals surface area contributed by atoms with Crippen molar-refractivity contribution in [1.29, 1.82) is 0 Å². The maximum Gasteiger partial charge on any atom is 0.0674 e. The van der Waals surface area contributed by atoms with Crippen molar-refractivity contribution in [3.63, 3.8) is 0 Å². The van der Waals surface area contributed by atoms with E-state index in [4.69, 9.17) is 16.6 Å². The molecule has 5 N–H and O–H groups in total. The Morgan fingerprint density at radius 3 is 2.14 bits per heavy atom. The summed E-state index contributed by atoms with van der Waals surface area (Å²) in [7, 11) is 0. The molecule has 1 unspecified atom stereocenters. The van der Waals surface area contributed by atoms with E-state index in [2.05, 4.69) is 0 Å². The number of rotatable bonds is 3. The largest absolute Gasteiger partial charge is 0.392 e. The van der Waals surface area contributed by atoms with Crippen LogP contribution < -0.4 is 11.5 Å². The number of hydrogen-bond donors (Lipinski definition) is 3. The van der Waals surface area contributed by atoms with Crippen LogP contribution in [0.25, 0.3) is 0 Å². The van der Waals surface area contributed by atoms with Crippen molar-refractivity contribution in [3.8, 4) is 0 Å². The van der Waals surface area contributed by atoms with Gasteiger partial charge in [0.15, 0.2) is 0 Å². The van der Waals surface area contributed by atoms with E-state index in [-0.39, 0.29) is 0 Å². The van der Waals surface area contributed by atoms with Gasteiger partial charge in [-0.1, -0.05) is 0 Å². The van der Waals surface area contributed by atoms with Crippen LogP contribution in [0.15, 0.2) is 0 Å². The first-order valence-electron chi connectivity index (χ1n) is 2.39. The lowest BCUT2D eigenvalue weighted by atomic mass is 10.3. The molecule has 3 heteroatoms. The predicted octanol–water partition coefficient (Wildman–Crippen LogP) is -1.35. The highest BCUT2D eigenvalue weighted by Crippen LogP contribution is 1.81. The summed E-state index contributed by atoms with van der Waals surface area (Å²) >= 11 is 0. The van der Waals surface area contributed by atoms with Crippen LogP contribution in [-0.4, -0.2) is 24.3 Å². The fraction of sp³-hybridized carbons (Fsp3) is 1.00. The van der Waals surface area contributed by atoms with Crippen molar-refractivity contribution in [2.75, 3.05) is 13.1 Å². The SMILES string of the molecule is NCCC(O)CN. The molecular formula is C4H12N2O. The molecule has 0 aromatic heterocycles. The van der Waals surface area contributed by atoms with Gasteiger partial charge < -0.3 is 16.6 Å². The van der Waals surface area contributed by atoms with E-state index in [9.17, 15) is 0 Å². The van der Waals surface area contributed by atoms with Gasteiger partial charge in [-0.15, -0.1) is 0 Å². The molecule has 0 rings (SSSR count). The van der Waals surface area contributed by atoms with Gasteiger partial charge in [-0.05, 0) is 13.0 Å². The molecule has 0 fully saturated rings. The van der Waals surface area contributed by atoms with Crippen molar-refractivity contribution in [3.05, 3.63) is 0 Å². The zero-order valence-corrected chi connectivity index (χ0v) is 4.30. The Hall–Kier alpha value is -0.120. The van der Waals surface area contributed by atoms with Gasteiger partial charge in [0.1, 0.15) is 0 Å². The molecule has 3 nitrogen and oxygen atoms in total. The van der Waals surface area contributed by atoms with Gasteiger partial charge in [0.05, 0.1) is 6.10 Å². The van der Waals surface area contributed by atoms with Crippen molar-refractivity contribution in [2.24, 2.45) is 11.5 Å². The van der Waals surface area contributed by atoms with Crippen LogP contribution in [0.5, 0.6) is 0 Å². The summed E-state index contributed by atoms with van der Waals surface area (Å²) in [6.45, 7) is 0.829. The quantitative estimate of drug-likeness (QED) is 0.414. The summed E-state index contributed by atoms with van der Waals surface area (Å²) in [4.78, 5) is 0. The van der Waals surface area contributed by atoms with Gasteiger partial charge in [-0.3, -0.25) is 0 Å². The molecule has 0 aromatic rings. The minimum Gasteiger partial charge on any atom is -0.392 e. The van der Waals surface area contributed by atoms with Gasteiger partial charge in [0.2, 0.25) is 0 Å². The van der Waals surface area contributed by atoms with Crippen LogP contribution in [0.3, 0.4) is 0 Å². The highest BCUT2D eigenvalue weighted by atomic mass is 16.3. The maximum absolute atomic E-state index is 8.65. The molecule has 0 aliphatic heterocycles. The second kappa shape index (κ2) is 4.05. The number of hydrogen-bond acceptors (Lipinski definition) is 3. The van der Waals surface area contributed by atoms with E-state index in [1.165, 1.54) is 0 Å². The monoisotopic (exact) mass is 104 g/mol. The third-order valence-corrected chi connectivity index (χ3v) is 0.772. The molecule has 1 atom stereocenters. The van der Waals surface area contributed by atoms with Crippen molar-refractivity contribution in [1.82, 2.24) is 0 Å². The number of aliphatic hydroxyl groups excluding tert-OH is 1. The third kappa shape index (κ3) is 3.72. The second-order valence-electron chi connectivity index (χ2n) is 1.47. The first-order chi connectivity index (χ1) is 3.31. The molecule has 0 saturated carbocycles. The van der Waals surface area contributed by atoms with Crippen LogP contribution in [0, 0.1) is 0 Å². The standard InChI is InChI=1S/C4H12N2O/c5-2-1-4(7)3-6/h4,7H,1-3,5-6H2. The van der Waals surface area contributed by atoms with Gasteiger partial charge in [-0.25, -0.2) is 0 Å². The average molecular weight is 104 g/mol. The Morgan fingerprint density at radius 1 is 1.43 bits per heavy atom. The molecule has 44 valence electrons. The van der Waals surface area contributed by atoms with Crippen LogP contribution in [-0.2, 0) is 0 Å². The van der Waals surface area contributed by atoms with E-state index < -0.39 is 6.10 Å². The smallest absolute Gasteiger partial charge is 0.0674 e. The highest BCUT2D eigenvalue weighted by Gasteiger charge is 1.95. The lowest BCUT2D eigenvalue weighted by Crippen LogP contribution is -2.22. The summed E-state index contributed by atoms with van der Waals surface area (Å²) in [5, 5.41) is 8.65. The zero-order valence-electron chi connectivity index (χ0n) is 4.30. The summed E-state index contributed by atoms with van der Waals surface area (Å²) in [5.74, 6) is 0. The van der Waals surface area contributed by atoms with Gasteiger partial charge >= 0.3 is 0 Å². The molecule has 0 spiro atoms. The molecule has 0 aromatic carbocycles. The van der Waals surface area contributed by atoms with E-state index in [1.54, 1.807) is 0 Å². The van der Waals surface area contributed by atoms with Gasteiger partial charge in [-0.2, -0.15) is 0 Å². The fourth-order valence-electron chi connectivity index (χ4n) is 0.310. The van der Waals surface area contributed by atoms with E-state index in [1.807, 2.05) is 0 Å². The molecular weight excluding hydrogens is 92.1 g/mol. The van der Waals surface area contributed by atoms with Crippen molar-refractivity contribution < 1.29 is 5.11 Å². The van der Waals surface area contributed by atoms with Crippen LogP contribution in [0.1, 0.15) is 6.42 Å². The number of nitrogens with two attached hydrogens (primary N) is 2. The first kappa shape index (κ1) is 6.88. The van der Waals surface area contributed by atoms with Crippen molar-refractivity contribution >= 4 is 0 Å². The fourth-order valence-corrected chi connectivity index (χ4v) is 0.310. The minimum atomic E-state index is -0.398. The molecule has 0 saturated heterocycles. The molecule has 0 heterocycles. The number of aliphatic hydroxyl groups is 1. The second-order valence-corrected chi connectivity index (χ2v) is 1.47.